The van der Waals surface area contributed by atoms with Gasteiger partial charge in [-0.3, -0.25) is 4.57 Å². The van der Waals surface area contributed by atoms with Crippen molar-refractivity contribution in [2.75, 3.05) is 19.1 Å². The van der Waals surface area contributed by atoms with Gasteiger partial charge in [0.1, 0.15) is 17.0 Å². The Morgan fingerprint density at radius 2 is 1.45 bits per heavy atom. The molecule has 8 nitrogen and oxygen atoms in total. The first kappa shape index (κ1) is 22.7. The van der Waals surface area contributed by atoms with Gasteiger partial charge in [-0.2, -0.15) is 9.97 Å². The van der Waals surface area contributed by atoms with Gasteiger partial charge in [0.2, 0.25) is 5.28 Å². The molecule has 0 atom stereocenters. The molecule has 172 valence electrons. The van der Waals surface area contributed by atoms with E-state index in [9.17, 15) is 4.79 Å². The maximum atomic E-state index is 12.7. The monoisotopic (exact) mass is 467 g/mol. The lowest BCUT2D eigenvalue weighted by Crippen LogP contribution is -2.24. The minimum atomic E-state index is -0.244. The van der Waals surface area contributed by atoms with E-state index in [1.165, 1.54) is 0 Å². The van der Waals surface area contributed by atoms with E-state index < -0.39 is 0 Å². The molecule has 0 amide bonds. The maximum Gasteiger partial charge on any atom is 0.328 e. The van der Waals surface area contributed by atoms with Crippen LogP contribution < -0.4 is 20.1 Å². The molecule has 4 aromatic rings. The lowest BCUT2D eigenvalue weighted by atomic mass is 10.1. The number of halogens is 1. The summed E-state index contributed by atoms with van der Waals surface area (Å²) < 4.78 is 12.2. The van der Waals surface area contributed by atoms with E-state index in [4.69, 9.17) is 21.1 Å². The van der Waals surface area contributed by atoms with Crippen molar-refractivity contribution in [1.82, 2.24) is 19.5 Å². The van der Waals surface area contributed by atoms with Gasteiger partial charge in [-0.05, 0) is 60.8 Å². The first-order chi connectivity index (χ1) is 15.9. The van der Waals surface area contributed by atoms with E-state index in [-0.39, 0.29) is 17.0 Å². The van der Waals surface area contributed by atoms with Gasteiger partial charge in [-0.25, -0.2) is 4.79 Å². The number of fused-ring (bicyclic) bond motifs is 1. The van der Waals surface area contributed by atoms with Crippen molar-refractivity contribution in [2.45, 2.75) is 33.0 Å². The second-order valence-corrected chi connectivity index (χ2v) is 8.30. The zero-order chi connectivity index (χ0) is 23.5. The summed E-state index contributed by atoms with van der Waals surface area (Å²) in [5.41, 5.74) is 2.90. The number of benzene rings is 2. The van der Waals surface area contributed by atoms with Gasteiger partial charge in [0.25, 0.3) is 0 Å². The van der Waals surface area contributed by atoms with E-state index in [2.05, 4.69) is 19.9 Å². The summed E-state index contributed by atoms with van der Waals surface area (Å²) >= 11 is 6.33. The SMILES string of the molecule is COc1ccc(CN(Cc2ccc(OC)cc2)c2nc(Cl)nc3c2[nH]c(=O)n3C(C)C)cc1. The van der Waals surface area contributed by atoms with Gasteiger partial charge in [0.15, 0.2) is 11.5 Å². The van der Waals surface area contributed by atoms with Crippen molar-refractivity contribution in [3.8, 4) is 11.5 Å². The molecule has 0 radical (unpaired) electrons. The van der Waals surface area contributed by atoms with Crippen LogP contribution in [0.4, 0.5) is 5.82 Å². The topological polar surface area (TPSA) is 85.3 Å². The quantitative estimate of drug-likeness (QED) is 0.382. The number of nitrogens with one attached hydrogen (secondary N) is 1. The highest BCUT2D eigenvalue weighted by molar-refractivity contribution is 6.28. The summed E-state index contributed by atoms with van der Waals surface area (Å²) in [7, 11) is 3.28. The molecule has 0 saturated carbocycles. The number of rotatable bonds is 8. The number of hydrogen-bond acceptors (Lipinski definition) is 6. The smallest absolute Gasteiger partial charge is 0.328 e. The Morgan fingerprint density at radius 3 is 1.91 bits per heavy atom. The van der Waals surface area contributed by atoms with Gasteiger partial charge < -0.3 is 19.4 Å². The molecule has 1 N–H and O–H groups in total. The molecule has 0 aliphatic rings. The zero-order valence-corrected chi connectivity index (χ0v) is 19.8. The summed E-state index contributed by atoms with van der Waals surface area (Å²) in [5.74, 6) is 2.13. The third-order valence-corrected chi connectivity index (χ3v) is 5.57. The van der Waals surface area contributed by atoms with Crippen LogP contribution in [0, 0.1) is 0 Å². The molecule has 2 aromatic carbocycles. The Morgan fingerprint density at radius 1 is 0.939 bits per heavy atom. The molecule has 2 heterocycles. The van der Waals surface area contributed by atoms with Crippen molar-refractivity contribution < 1.29 is 9.47 Å². The van der Waals surface area contributed by atoms with Gasteiger partial charge in [-0.15, -0.1) is 0 Å². The third-order valence-electron chi connectivity index (χ3n) is 5.40. The van der Waals surface area contributed by atoms with Crippen LogP contribution in [0.15, 0.2) is 53.3 Å². The Balaban J connectivity index is 1.81. The predicted molar refractivity (Wildman–Crippen MR) is 129 cm³/mol. The lowest BCUT2D eigenvalue weighted by molar-refractivity contribution is 0.414. The van der Waals surface area contributed by atoms with Gasteiger partial charge >= 0.3 is 5.69 Å². The summed E-state index contributed by atoms with van der Waals surface area (Å²) in [6.07, 6.45) is 0. The number of anilines is 1. The molecule has 33 heavy (non-hydrogen) atoms. The van der Waals surface area contributed by atoms with Gasteiger partial charge in [0, 0.05) is 19.1 Å². The van der Waals surface area contributed by atoms with Crippen LogP contribution >= 0.6 is 11.6 Å². The highest BCUT2D eigenvalue weighted by Crippen LogP contribution is 2.28. The van der Waals surface area contributed by atoms with Crippen molar-refractivity contribution in [2.24, 2.45) is 0 Å². The summed E-state index contributed by atoms with van der Waals surface area (Å²) in [4.78, 5) is 26.5. The van der Waals surface area contributed by atoms with Crippen LogP contribution in [0.3, 0.4) is 0 Å². The third kappa shape index (κ3) is 4.80. The molecule has 4 rings (SSSR count). The molecule has 0 saturated heterocycles. The first-order valence-electron chi connectivity index (χ1n) is 10.6. The second kappa shape index (κ2) is 9.54. The summed E-state index contributed by atoms with van der Waals surface area (Å²) in [6.45, 7) is 4.93. The Labute approximate surface area is 196 Å². The lowest BCUT2D eigenvalue weighted by Gasteiger charge is -2.25. The Bertz CT molecular complexity index is 1250. The molecule has 9 heteroatoms. The van der Waals surface area contributed by atoms with Crippen molar-refractivity contribution in [3.63, 3.8) is 0 Å². The van der Waals surface area contributed by atoms with E-state index in [0.717, 1.165) is 22.6 Å². The van der Waals surface area contributed by atoms with Gasteiger partial charge in [0.05, 0.1) is 14.2 Å². The molecule has 2 aromatic heterocycles. The largest absolute Gasteiger partial charge is 0.497 e. The van der Waals surface area contributed by atoms with Crippen molar-refractivity contribution in [1.29, 1.82) is 0 Å². The molecule has 0 bridgehead atoms. The van der Waals surface area contributed by atoms with Crippen LogP contribution in [0.1, 0.15) is 31.0 Å². The highest BCUT2D eigenvalue weighted by Gasteiger charge is 2.21. The summed E-state index contributed by atoms with van der Waals surface area (Å²) in [6, 6.07) is 15.6. The van der Waals surface area contributed by atoms with Crippen molar-refractivity contribution in [3.05, 3.63) is 75.4 Å². The van der Waals surface area contributed by atoms with E-state index >= 15 is 0 Å². The van der Waals surface area contributed by atoms with Crippen molar-refractivity contribution >= 4 is 28.6 Å². The fourth-order valence-electron chi connectivity index (χ4n) is 3.78. The molecular weight excluding hydrogens is 442 g/mol. The minimum Gasteiger partial charge on any atom is -0.497 e. The van der Waals surface area contributed by atoms with E-state index in [0.29, 0.717) is 30.1 Å². The Hall–Kier alpha value is -3.52. The average molecular weight is 468 g/mol. The minimum absolute atomic E-state index is 0.0818. The van der Waals surface area contributed by atoms with Crippen LogP contribution in [0.25, 0.3) is 11.2 Å². The molecule has 0 spiro atoms. The fourth-order valence-corrected chi connectivity index (χ4v) is 3.94. The Kier molecular flexibility index (Phi) is 6.55. The van der Waals surface area contributed by atoms with E-state index in [1.807, 2.05) is 62.4 Å². The molecule has 0 aliphatic heterocycles. The number of aromatic nitrogens is 4. The summed E-state index contributed by atoms with van der Waals surface area (Å²) in [5, 5.41) is 0.0837. The normalized spacial score (nSPS) is 11.2. The zero-order valence-electron chi connectivity index (χ0n) is 19.0. The number of ether oxygens (including phenoxy) is 2. The first-order valence-corrected chi connectivity index (χ1v) is 11.0. The van der Waals surface area contributed by atoms with Crippen LogP contribution in [0.5, 0.6) is 11.5 Å². The average Bonchev–Trinajstić information content (AvgIpc) is 3.14. The van der Waals surface area contributed by atoms with Crippen LogP contribution in [0.2, 0.25) is 5.28 Å². The fraction of sp³-hybridized carbons (Fsp3) is 0.292. The number of H-pyrrole nitrogens is 1. The van der Waals surface area contributed by atoms with E-state index in [1.54, 1.807) is 18.8 Å². The molecule has 0 aliphatic carbocycles. The number of nitrogens with zero attached hydrogens (tertiary/aromatic N) is 4. The number of imidazole rings is 1. The predicted octanol–water partition coefficient (Wildman–Crippen LogP) is 4.58. The number of aromatic amines is 1. The maximum absolute atomic E-state index is 12.7. The van der Waals surface area contributed by atoms with Gasteiger partial charge in [-0.1, -0.05) is 24.3 Å². The highest BCUT2D eigenvalue weighted by atomic mass is 35.5. The molecule has 0 fully saturated rings. The second-order valence-electron chi connectivity index (χ2n) is 7.96. The standard InChI is InChI=1S/C24H26ClN5O3/c1-15(2)30-22-20(26-24(30)31)21(27-23(25)28-22)29(13-16-5-9-18(32-3)10-6-16)14-17-7-11-19(33-4)12-8-17/h5-12,15H,13-14H2,1-4H3,(H,26,31). The van der Waals surface area contributed by atoms with Crippen LogP contribution in [-0.4, -0.2) is 33.7 Å². The van der Waals surface area contributed by atoms with Crippen LogP contribution in [-0.2, 0) is 13.1 Å². The molecular formula is C24H26ClN5O3. The molecule has 0 unspecified atom stereocenters. The number of methoxy groups -OCH3 is 2. The number of hydrogen-bond donors (Lipinski definition) is 1.